The van der Waals surface area contributed by atoms with Gasteiger partial charge in [0.25, 0.3) is 0 Å². The molecule has 4 nitrogen and oxygen atoms in total. The number of carboxylic acid groups (broad SMARTS) is 1. The molecule has 100 valence electrons. The number of benzene rings is 1. The van der Waals surface area contributed by atoms with E-state index in [2.05, 4.69) is 22.0 Å². The first-order valence-electron chi connectivity index (χ1n) is 6.26. The molecular formula is C14H15BrN2O2. The number of rotatable bonds is 3. The number of carbonyl (C=O) groups is 1. The van der Waals surface area contributed by atoms with Gasteiger partial charge in [-0.15, -0.1) is 0 Å². The molecule has 1 aliphatic heterocycles. The molecule has 1 saturated heterocycles. The van der Waals surface area contributed by atoms with Gasteiger partial charge in [0, 0.05) is 11.0 Å². The molecule has 1 unspecified atom stereocenters. The van der Waals surface area contributed by atoms with Crippen LogP contribution in [-0.4, -0.2) is 23.2 Å². The van der Waals surface area contributed by atoms with Crippen molar-refractivity contribution in [3.8, 4) is 6.07 Å². The first-order valence-corrected chi connectivity index (χ1v) is 7.05. The van der Waals surface area contributed by atoms with Crippen molar-refractivity contribution in [3.63, 3.8) is 0 Å². The van der Waals surface area contributed by atoms with Gasteiger partial charge in [0.2, 0.25) is 0 Å². The summed E-state index contributed by atoms with van der Waals surface area (Å²) in [7, 11) is 0. The Morgan fingerprint density at radius 1 is 1.63 bits per heavy atom. The normalized spacial score (nSPS) is 22.3. The minimum atomic E-state index is -0.823. The molecule has 0 aliphatic carbocycles. The number of hydrogen-bond acceptors (Lipinski definition) is 3. The molecule has 5 heteroatoms. The molecular weight excluding hydrogens is 308 g/mol. The zero-order chi connectivity index (χ0) is 14.0. The van der Waals surface area contributed by atoms with E-state index in [1.54, 1.807) is 12.1 Å². The van der Waals surface area contributed by atoms with E-state index in [1.165, 1.54) is 0 Å². The number of hydrogen-bond donors (Lipinski definition) is 1. The minimum absolute atomic E-state index is 0.562. The zero-order valence-electron chi connectivity index (χ0n) is 10.7. The van der Waals surface area contributed by atoms with E-state index in [-0.39, 0.29) is 0 Å². The van der Waals surface area contributed by atoms with Gasteiger partial charge in [-0.1, -0.05) is 6.92 Å². The molecule has 0 amide bonds. The van der Waals surface area contributed by atoms with Crippen LogP contribution in [0.3, 0.4) is 0 Å². The van der Waals surface area contributed by atoms with Gasteiger partial charge in [-0.25, -0.2) is 4.79 Å². The molecule has 19 heavy (non-hydrogen) atoms. The number of aliphatic carboxylic acids is 1. The van der Waals surface area contributed by atoms with Gasteiger partial charge in [0.1, 0.15) is 5.54 Å². The number of halogens is 1. The molecule has 0 radical (unpaired) electrons. The zero-order valence-corrected chi connectivity index (χ0v) is 12.3. The Bertz CT molecular complexity index is 553. The van der Waals surface area contributed by atoms with Crippen LogP contribution in [0.5, 0.6) is 0 Å². The third-order valence-corrected chi connectivity index (χ3v) is 4.47. The van der Waals surface area contributed by atoms with Crippen LogP contribution >= 0.6 is 15.9 Å². The molecule has 1 N–H and O–H groups in total. The maximum atomic E-state index is 11.7. The second-order valence-corrected chi connectivity index (χ2v) is 5.58. The Kier molecular flexibility index (Phi) is 3.81. The van der Waals surface area contributed by atoms with E-state index in [1.807, 2.05) is 17.9 Å². The van der Waals surface area contributed by atoms with Gasteiger partial charge >= 0.3 is 5.97 Å². The highest BCUT2D eigenvalue weighted by Crippen LogP contribution is 2.40. The van der Waals surface area contributed by atoms with Crippen molar-refractivity contribution in [1.29, 1.82) is 5.26 Å². The Morgan fingerprint density at radius 3 is 2.89 bits per heavy atom. The lowest BCUT2D eigenvalue weighted by molar-refractivity contribution is -0.143. The van der Waals surface area contributed by atoms with Crippen molar-refractivity contribution in [2.24, 2.45) is 0 Å². The summed E-state index contributed by atoms with van der Waals surface area (Å²) in [5, 5.41) is 18.5. The predicted molar refractivity (Wildman–Crippen MR) is 76.1 cm³/mol. The lowest BCUT2D eigenvalue weighted by Gasteiger charge is -2.36. The highest BCUT2D eigenvalue weighted by Gasteiger charge is 2.46. The molecule has 1 atom stereocenters. The summed E-state index contributed by atoms with van der Waals surface area (Å²) in [5.41, 5.74) is 0.587. The van der Waals surface area contributed by atoms with Crippen LogP contribution in [0.25, 0.3) is 0 Å². The summed E-state index contributed by atoms with van der Waals surface area (Å²) >= 11 is 3.44. The first kappa shape index (κ1) is 13.9. The molecule has 1 aromatic carbocycles. The number of nitriles is 1. The summed E-state index contributed by atoms with van der Waals surface area (Å²) in [5.74, 6) is -0.774. The fourth-order valence-corrected chi connectivity index (χ4v) is 3.36. The van der Waals surface area contributed by atoms with Crippen molar-refractivity contribution < 1.29 is 9.90 Å². The summed E-state index contributed by atoms with van der Waals surface area (Å²) in [6.45, 7) is 2.63. The van der Waals surface area contributed by atoms with Crippen molar-refractivity contribution >= 4 is 27.6 Å². The van der Waals surface area contributed by atoms with Crippen molar-refractivity contribution in [1.82, 2.24) is 0 Å². The van der Waals surface area contributed by atoms with Gasteiger partial charge in [-0.2, -0.15) is 5.26 Å². The van der Waals surface area contributed by atoms with E-state index < -0.39 is 11.5 Å². The van der Waals surface area contributed by atoms with Crippen LogP contribution in [0.1, 0.15) is 31.7 Å². The van der Waals surface area contributed by atoms with Gasteiger partial charge in [0.15, 0.2) is 0 Å². The van der Waals surface area contributed by atoms with Gasteiger partial charge < -0.3 is 10.0 Å². The van der Waals surface area contributed by atoms with Crippen LogP contribution < -0.4 is 4.90 Å². The quantitative estimate of drug-likeness (QED) is 0.928. The highest BCUT2D eigenvalue weighted by atomic mass is 79.9. The molecule has 1 aromatic rings. The second-order valence-electron chi connectivity index (χ2n) is 4.72. The number of anilines is 1. The van der Waals surface area contributed by atoms with E-state index >= 15 is 0 Å². The van der Waals surface area contributed by atoms with E-state index in [9.17, 15) is 9.90 Å². The summed E-state index contributed by atoms with van der Waals surface area (Å²) < 4.78 is 0.771. The van der Waals surface area contributed by atoms with Gasteiger partial charge in [0.05, 0.1) is 17.3 Å². The Balaban J connectivity index is 2.46. The van der Waals surface area contributed by atoms with Crippen molar-refractivity contribution in [2.75, 3.05) is 11.4 Å². The third-order valence-electron chi connectivity index (χ3n) is 3.84. The third kappa shape index (κ3) is 2.21. The molecule has 1 aliphatic rings. The smallest absolute Gasteiger partial charge is 0.329 e. The maximum Gasteiger partial charge on any atom is 0.329 e. The standard InChI is InChI=1S/C14H15BrN2O2/c1-2-14(13(18)19)6-3-7-17(14)12-5-4-10(9-16)8-11(12)15/h4-5,8H,2-3,6-7H2,1H3,(H,18,19). The Morgan fingerprint density at radius 2 is 2.37 bits per heavy atom. The fraction of sp³-hybridized carbons (Fsp3) is 0.429. The SMILES string of the molecule is CCC1(C(=O)O)CCCN1c1ccc(C#N)cc1Br. The first-order chi connectivity index (χ1) is 9.05. The van der Waals surface area contributed by atoms with Gasteiger partial charge in [-0.3, -0.25) is 0 Å². The van der Waals surface area contributed by atoms with Crippen LogP contribution in [0.4, 0.5) is 5.69 Å². The van der Waals surface area contributed by atoms with Gasteiger partial charge in [-0.05, 0) is 53.4 Å². The second kappa shape index (κ2) is 5.22. The van der Waals surface area contributed by atoms with E-state index in [4.69, 9.17) is 5.26 Å². The fourth-order valence-electron chi connectivity index (χ4n) is 2.77. The summed E-state index contributed by atoms with van der Waals surface area (Å²) in [6, 6.07) is 7.35. The molecule has 2 rings (SSSR count). The molecule has 0 spiro atoms. The number of carboxylic acids is 1. The Hall–Kier alpha value is -1.54. The lowest BCUT2D eigenvalue weighted by atomic mass is 9.92. The molecule has 1 fully saturated rings. The predicted octanol–water partition coefficient (Wildman–Crippen LogP) is 3.15. The van der Waals surface area contributed by atoms with Crippen LogP contribution in [0.2, 0.25) is 0 Å². The Labute approximate surface area is 120 Å². The average molecular weight is 323 g/mol. The minimum Gasteiger partial charge on any atom is -0.479 e. The molecule has 0 aromatic heterocycles. The highest BCUT2D eigenvalue weighted by molar-refractivity contribution is 9.10. The molecule has 0 bridgehead atoms. The summed E-state index contributed by atoms with van der Waals surface area (Å²) in [4.78, 5) is 13.6. The van der Waals surface area contributed by atoms with Crippen molar-refractivity contribution in [3.05, 3.63) is 28.2 Å². The molecule has 0 saturated carbocycles. The average Bonchev–Trinajstić information content (AvgIpc) is 2.83. The number of nitrogens with zero attached hydrogens (tertiary/aromatic N) is 2. The van der Waals surface area contributed by atoms with Crippen molar-refractivity contribution in [2.45, 2.75) is 31.7 Å². The van der Waals surface area contributed by atoms with Crippen LogP contribution in [0, 0.1) is 11.3 Å². The topological polar surface area (TPSA) is 64.3 Å². The van der Waals surface area contributed by atoms with E-state index in [0.717, 1.165) is 23.1 Å². The lowest BCUT2D eigenvalue weighted by Crippen LogP contribution is -2.50. The van der Waals surface area contributed by atoms with E-state index in [0.29, 0.717) is 18.4 Å². The van der Waals surface area contributed by atoms with Crippen LogP contribution in [0.15, 0.2) is 22.7 Å². The molecule has 1 heterocycles. The monoisotopic (exact) mass is 322 g/mol. The summed E-state index contributed by atoms with van der Waals surface area (Å²) in [6.07, 6.45) is 2.09. The van der Waals surface area contributed by atoms with Crippen LogP contribution in [-0.2, 0) is 4.79 Å². The maximum absolute atomic E-state index is 11.7. The largest absolute Gasteiger partial charge is 0.479 e.